The van der Waals surface area contributed by atoms with E-state index >= 15 is 0 Å². The van der Waals surface area contributed by atoms with Crippen molar-refractivity contribution in [1.82, 2.24) is 15.1 Å². The summed E-state index contributed by atoms with van der Waals surface area (Å²) in [4.78, 5) is 0. The second kappa shape index (κ2) is 7.27. The van der Waals surface area contributed by atoms with Gasteiger partial charge in [0.05, 0.1) is 13.3 Å². The van der Waals surface area contributed by atoms with Crippen LogP contribution in [0.4, 0.5) is 0 Å². The highest BCUT2D eigenvalue weighted by Gasteiger charge is 2.13. The van der Waals surface area contributed by atoms with Gasteiger partial charge in [0, 0.05) is 18.8 Å². The van der Waals surface area contributed by atoms with Gasteiger partial charge in [-0.3, -0.25) is 4.68 Å². The van der Waals surface area contributed by atoms with E-state index in [1.165, 1.54) is 16.7 Å². The van der Waals surface area contributed by atoms with Crippen molar-refractivity contribution in [3.8, 4) is 5.75 Å². The number of likely N-dealkylation sites (N-methyl/N-ethyl adjacent to an activating group) is 1. The second-order valence-corrected chi connectivity index (χ2v) is 5.25. The van der Waals surface area contributed by atoms with E-state index in [1.54, 1.807) is 7.11 Å². The second-order valence-electron chi connectivity index (χ2n) is 5.25. The predicted octanol–water partition coefficient (Wildman–Crippen LogP) is 3.11. The molecule has 1 heterocycles. The molecule has 0 spiro atoms. The number of hydrogen-bond donors (Lipinski definition) is 1. The highest BCUT2D eigenvalue weighted by molar-refractivity contribution is 5.37. The summed E-state index contributed by atoms with van der Waals surface area (Å²) < 4.78 is 7.31. The number of aryl methyl sites for hydroxylation is 2. The van der Waals surface area contributed by atoms with E-state index < -0.39 is 0 Å². The number of rotatable bonds is 7. The molecular weight excluding hydrogens is 262 g/mol. The van der Waals surface area contributed by atoms with Crippen LogP contribution in [0.3, 0.4) is 0 Å². The van der Waals surface area contributed by atoms with E-state index in [2.05, 4.69) is 49.5 Å². The Hall–Kier alpha value is -1.81. The van der Waals surface area contributed by atoms with Crippen LogP contribution in [0.2, 0.25) is 0 Å². The first-order valence-corrected chi connectivity index (χ1v) is 7.57. The maximum Gasteiger partial charge on any atom is 0.121 e. The molecule has 0 aliphatic rings. The molecule has 4 nitrogen and oxygen atoms in total. The molecule has 0 aliphatic heterocycles. The van der Waals surface area contributed by atoms with Crippen molar-refractivity contribution >= 4 is 0 Å². The Labute approximate surface area is 127 Å². The summed E-state index contributed by atoms with van der Waals surface area (Å²) in [6.45, 7) is 8.18. The van der Waals surface area contributed by atoms with E-state index in [4.69, 9.17) is 4.74 Å². The number of hydrogen-bond acceptors (Lipinski definition) is 3. The Morgan fingerprint density at radius 1 is 1.33 bits per heavy atom. The molecule has 1 N–H and O–H groups in total. The molecule has 0 saturated carbocycles. The van der Waals surface area contributed by atoms with E-state index in [1.807, 2.05) is 16.9 Å². The maximum absolute atomic E-state index is 5.34. The summed E-state index contributed by atoms with van der Waals surface area (Å²) >= 11 is 0. The normalized spacial score (nSPS) is 12.4. The Balaban J connectivity index is 2.19. The average molecular weight is 287 g/mol. The predicted molar refractivity (Wildman–Crippen MR) is 85.8 cm³/mol. The number of benzene rings is 1. The van der Waals surface area contributed by atoms with Crippen molar-refractivity contribution < 1.29 is 4.74 Å². The third kappa shape index (κ3) is 3.85. The molecule has 2 aromatic rings. The first kappa shape index (κ1) is 15.6. The van der Waals surface area contributed by atoms with Crippen LogP contribution in [0.5, 0.6) is 5.75 Å². The highest BCUT2D eigenvalue weighted by atomic mass is 16.5. The lowest BCUT2D eigenvalue weighted by Crippen LogP contribution is -2.23. The lowest BCUT2D eigenvalue weighted by molar-refractivity contribution is 0.411. The Bertz CT molecular complexity index is 577. The fraction of sp³-hybridized carbons (Fsp3) is 0.471. The third-order valence-electron chi connectivity index (χ3n) is 3.72. The van der Waals surface area contributed by atoms with Crippen molar-refractivity contribution in [3.63, 3.8) is 0 Å². The van der Waals surface area contributed by atoms with Crippen LogP contribution in [-0.2, 0) is 13.0 Å². The van der Waals surface area contributed by atoms with E-state index in [-0.39, 0.29) is 0 Å². The average Bonchev–Trinajstić information content (AvgIpc) is 2.94. The quantitative estimate of drug-likeness (QED) is 0.850. The SMILES string of the molecule is CCNC(Cc1cnn(CC)c1)c1ccc(OC)c(C)c1. The van der Waals surface area contributed by atoms with Crippen molar-refractivity contribution in [2.24, 2.45) is 0 Å². The molecule has 1 unspecified atom stereocenters. The van der Waals surface area contributed by atoms with Gasteiger partial charge in [-0.25, -0.2) is 0 Å². The van der Waals surface area contributed by atoms with Gasteiger partial charge >= 0.3 is 0 Å². The maximum atomic E-state index is 5.34. The van der Waals surface area contributed by atoms with E-state index in [0.29, 0.717) is 6.04 Å². The van der Waals surface area contributed by atoms with Gasteiger partial charge in [0.1, 0.15) is 5.75 Å². The molecule has 0 aliphatic carbocycles. The highest BCUT2D eigenvalue weighted by Crippen LogP contribution is 2.24. The minimum Gasteiger partial charge on any atom is -0.496 e. The monoisotopic (exact) mass is 287 g/mol. The largest absolute Gasteiger partial charge is 0.496 e. The van der Waals surface area contributed by atoms with Crippen LogP contribution in [0.25, 0.3) is 0 Å². The lowest BCUT2D eigenvalue weighted by atomic mass is 9.98. The Morgan fingerprint density at radius 3 is 2.71 bits per heavy atom. The van der Waals surface area contributed by atoms with Gasteiger partial charge in [0.15, 0.2) is 0 Å². The summed E-state index contributed by atoms with van der Waals surface area (Å²) in [6.07, 6.45) is 5.03. The Kier molecular flexibility index (Phi) is 5.39. The molecule has 0 bridgehead atoms. The molecule has 1 atom stereocenters. The summed E-state index contributed by atoms with van der Waals surface area (Å²) in [7, 11) is 1.71. The summed E-state index contributed by atoms with van der Waals surface area (Å²) in [5.41, 5.74) is 3.72. The topological polar surface area (TPSA) is 39.1 Å². The zero-order valence-electron chi connectivity index (χ0n) is 13.4. The first-order chi connectivity index (χ1) is 10.2. The number of methoxy groups -OCH3 is 1. The number of nitrogens with zero attached hydrogens (tertiary/aromatic N) is 2. The molecule has 114 valence electrons. The molecule has 1 aromatic carbocycles. The van der Waals surface area contributed by atoms with Crippen molar-refractivity contribution in [2.75, 3.05) is 13.7 Å². The zero-order chi connectivity index (χ0) is 15.2. The number of nitrogens with one attached hydrogen (secondary N) is 1. The lowest BCUT2D eigenvalue weighted by Gasteiger charge is -2.19. The van der Waals surface area contributed by atoms with Gasteiger partial charge in [-0.1, -0.05) is 19.1 Å². The fourth-order valence-electron chi connectivity index (χ4n) is 2.59. The zero-order valence-corrected chi connectivity index (χ0v) is 13.4. The molecule has 0 radical (unpaired) electrons. The van der Waals surface area contributed by atoms with Crippen molar-refractivity contribution in [3.05, 3.63) is 47.3 Å². The van der Waals surface area contributed by atoms with Crippen LogP contribution in [-0.4, -0.2) is 23.4 Å². The van der Waals surface area contributed by atoms with Gasteiger partial charge in [-0.15, -0.1) is 0 Å². The number of ether oxygens (including phenoxy) is 1. The van der Waals surface area contributed by atoms with Gasteiger partial charge in [-0.05, 0) is 49.6 Å². The molecule has 21 heavy (non-hydrogen) atoms. The summed E-state index contributed by atoms with van der Waals surface area (Å²) in [6, 6.07) is 6.69. The van der Waals surface area contributed by atoms with Gasteiger partial charge in [-0.2, -0.15) is 5.10 Å². The molecule has 0 saturated heterocycles. The molecule has 2 rings (SSSR count). The van der Waals surface area contributed by atoms with Gasteiger partial charge in [0.25, 0.3) is 0 Å². The molecule has 0 amide bonds. The molecule has 1 aromatic heterocycles. The standard InChI is InChI=1S/C17H25N3O/c1-5-18-16(10-14-11-19-20(6-2)12-14)15-7-8-17(21-4)13(3)9-15/h7-9,11-12,16,18H,5-6,10H2,1-4H3. The van der Waals surface area contributed by atoms with Crippen LogP contribution in [0.1, 0.15) is 36.6 Å². The molecule has 4 heteroatoms. The van der Waals surface area contributed by atoms with Crippen LogP contribution in [0, 0.1) is 6.92 Å². The van der Waals surface area contributed by atoms with Crippen LogP contribution < -0.4 is 10.1 Å². The van der Waals surface area contributed by atoms with E-state index in [9.17, 15) is 0 Å². The van der Waals surface area contributed by atoms with Crippen molar-refractivity contribution in [2.45, 2.75) is 39.8 Å². The number of aromatic nitrogens is 2. The first-order valence-electron chi connectivity index (χ1n) is 7.57. The van der Waals surface area contributed by atoms with E-state index in [0.717, 1.165) is 25.3 Å². The van der Waals surface area contributed by atoms with Gasteiger partial charge in [0.2, 0.25) is 0 Å². The molecular formula is C17H25N3O. The summed E-state index contributed by atoms with van der Waals surface area (Å²) in [5, 5.41) is 7.92. The van der Waals surface area contributed by atoms with Crippen LogP contribution in [0.15, 0.2) is 30.6 Å². The van der Waals surface area contributed by atoms with Crippen molar-refractivity contribution in [1.29, 1.82) is 0 Å². The van der Waals surface area contributed by atoms with Gasteiger partial charge < -0.3 is 10.1 Å². The van der Waals surface area contributed by atoms with Crippen LogP contribution >= 0.6 is 0 Å². The summed E-state index contributed by atoms with van der Waals surface area (Å²) in [5.74, 6) is 0.938. The smallest absolute Gasteiger partial charge is 0.121 e. The Morgan fingerprint density at radius 2 is 2.14 bits per heavy atom. The molecule has 0 fully saturated rings. The minimum absolute atomic E-state index is 0.300. The minimum atomic E-state index is 0.300. The third-order valence-corrected chi connectivity index (χ3v) is 3.72. The fourth-order valence-corrected chi connectivity index (χ4v) is 2.59.